The van der Waals surface area contributed by atoms with Gasteiger partial charge in [-0.3, -0.25) is 0 Å². The van der Waals surface area contributed by atoms with Crippen molar-refractivity contribution in [2.45, 2.75) is 0 Å². The minimum Gasteiger partial charge on any atom is -0.231 e. The molecule has 0 amide bonds. The van der Waals surface area contributed by atoms with E-state index in [4.69, 9.17) is 20.1 Å². The summed E-state index contributed by atoms with van der Waals surface area (Å²) in [5, 5.41) is 7.80. The monoisotopic (exact) mass is 779 g/mol. The van der Waals surface area contributed by atoms with Crippen molar-refractivity contribution in [2.24, 2.45) is 0 Å². The number of hydrogen-bond donors (Lipinski definition) is 0. The molecule has 0 aliphatic rings. The second-order valence-electron chi connectivity index (χ2n) is 15.1. The van der Waals surface area contributed by atoms with Crippen molar-refractivity contribution in [3.63, 3.8) is 0 Å². The highest BCUT2D eigenvalue weighted by atomic mass is 15.2. The summed E-state index contributed by atoms with van der Waals surface area (Å²) >= 11 is 0. The average molecular weight is 780 g/mol. The van der Waals surface area contributed by atoms with Gasteiger partial charge in [0, 0.05) is 44.3 Å². The number of rotatable bonds is 8. The Balaban J connectivity index is 1.17. The van der Waals surface area contributed by atoms with Crippen LogP contribution in [0.25, 0.3) is 106 Å². The minimum absolute atomic E-state index is 0.597. The normalized spacial score (nSPS) is 11.3. The van der Waals surface area contributed by atoms with Crippen molar-refractivity contribution >= 4 is 16.3 Å². The van der Waals surface area contributed by atoms with Gasteiger partial charge in [-0.15, -0.1) is 0 Å². The average Bonchev–Trinajstić information content (AvgIpc) is 3.76. The maximum absolute atomic E-state index is 5.56. The van der Waals surface area contributed by atoms with Crippen molar-refractivity contribution in [3.05, 3.63) is 224 Å². The minimum atomic E-state index is 0.597. The summed E-state index contributed by atoms with van der Waals surface area (Å²) in [5.74, 6) is 1.83. The zero-order valence-electron chi connectivity index (χ0n) is 33.1. The fraction of sp³-hybridized carbons (Fsp3) is 0. The number of aromatic nitrogens is 5. The lowest BCUT2D eigenvalue weighted by Gasteiger charge is -2.18. The molecule has 0 saturated heterocycles. The molecule has 61 heavy (non-hydrogen) atoms. The van der Waals surface area contributed by atoms with Gasteiger partial charge in [-0.2, -0.15) is 5.10 Å². The molecule has 5 nitrogen and oxygen atoms in total. The molecule has 11 aromatic rings. The maximum atomic E-state index is 5.56. The van der Waals surface area contributed by atoms with E-state index in [0.717, 1.165) is 88.9 Å². The van der Waals surface area contributed by atoms with Crippen LogP contribution in [-0.2, 0) is 0 Å². The molecular formula is C56H37N5. The van der Waals surface area contributed by atoms with Gasteiger partial charge in [0.1, 0.15) is 5.69 Å². The molecule has 0 radical (unpaired) electrons. The van der Waals surface area contributed by atoms with E-state index in [1.54, 1.807) is 0 Å². The van der Waals surface area contributed by atoms with Gasteiger partial charge >= 0.3 is 0 Å². The molecule has 0 aliphatic heterocycles. The molecule has 0 N–H and O–H groups in total. The highest BCUT2D eigenvalue weighted by molar-refractivity contribution is 6.15. The predicted molar refractivity (Wildman–Crippen MR) is 250 cm³/mol. The molecule has 3 heterocycles. The Morgan fingerprint density at radius 2 is 0.689 bits per heavy atom. The van der Waals surface area contributed by atoms with E-state index >= 15 is 0 Å². The quantitative estimate of drug-likeness (QED) is 0.154. The van der Waals surface area contributed by atoms with Crippen LogP contribution in [0.2, 0.25) is 0 Å². The Bertz CT molecular complexity index is 3330. The second-order valence-corrected chi connectivity index (χ2v) is 15.1. The molecule has 5 heteroatoms. The number of pyridine rings is 1. The van der Waals surface area contributed by atoms with E-state index in [2.05, 4.69) is 193 Å². The van der Waals surface area contributed by atoms with Crippen LogP contribution in [0.5, 0.6) is 0 Å². The molecule has 0 bridgehead atoms. The first-order valence-electron chi connectivity index (χ1n) is 20.5. The molecule has 0 atom stereocenters. The molecule has 0 spiro atoms. The van der Waals surface area contributed by atoms with E-state index in [1.807, 2.05) is 36.4 Å². The lowest BCUT2D eigenvalue weighted by atomic mass is 9.90. The van der Waals surface area contributed by atoms with Crippen molar-refractivity contribution in [2.75, 3.05) is 0 Å². The van der Waals surface area contributed by atoms with Crippen molar-refractivity contribution in [1.29, 1.82) is 0 Å². The summed E-state index contributed by atoms with van der Waals surface area (Å²) in [7, 11) is 0. The van der Waals surface area contributed by atoms with Gasteiger partial charge in [0.15, 0.2) is 17.5 Å². The fourth-order valence-corrected chi connectivity index (χ4v) is 8.43. The lowest BCUT2D eigenvalue weighted by Crippen LogP contribution is -2.01. The molecule has 0 unspecified atom stereocenters. The second kappa shape index (κ2) is 15.5. The summed E-state index contributed by atoms with van der Waals surface area (Å²) in [6.45, 7) is 0. The van der Waals surface area contributed by atoms with Gasteiger partial charge in [0.05, 0.1) is 11.2 Å². The zero-order valence-corrected chi connectivity index (χ0v) is 33.1. The van der Waals surface area contributed by atoms with Crippen molar-refractivity contribution in [1.82, 2.24) is 24.6 Å². The molecule has 286 valence electrons. The van der Waals surface area contributed by atoms with E-state index in [0.29, 0.717) is 17.5 Å². The predicted octanol–water partition coefficient (Wildman–Crippen LogP) is 14.0. The smallest absolute Gasteiger partial charge is 0.164 e. The van der Waals surface area contributed by atoms with Gasteiger partial charge in [-0.05, 0) is 39.8 Å². The summed E-state index contributed by atoms with van der Waals surface area (Å²) in [5.41, 5.74) is 14.4. The van der Waals surface area contributed by atoms with E-state index in [9.17, 15) is 0 Å². The van der Waals surface area contributed by atoms with Crippen molar-refractivity contribution < 1.29 is 0 Å². The first-order valence-corrected chi connectivity index (χ1v) is 20.5. The molecule has 11 rings (SSSR count). The first-order chi connectivity index (χ1) is 30.3. The fourth-order valence-electron chi connectivity index (χ4n) is 8.43. The molecule has 0 saturated carbocycles. The van der Waals surface area contributed by atoms with Crippen LogP contribution in [0.15, 0.2) is 224 Å². The van der Waals surface area contributed by atoms with Crippen molar-refractivity contribution in [3.8, 4) is 90.1 Å². The molecule has 0 fully saturated rings. The third kappa shape index (κ3) is 6.64. The summed E-state index contributed by atoms with van der Waals surface area (Å²) in [6, 6.07) is 78.0. The first kappa shape index (κ1) is 35.8. The molecule has 0 aliphatic carbocycles. The zero-order chi connectivity index (χ0) is 40.5. The number of nitrogens with zero attached hydrogens (tertiary/aromatic N) is 5. The Morgan fingerprint density at radius 3 is 1.28 bits per heavy atom. The molecule has 3 aromatic heterocycles. The third-order valence-electron chi connectivity index (χ3n) is 11.2. The van der Waals surface area contributed by atoms with Gasteiger partial charge in [0.25, 0.3) is 0 Å². The standard InChI is InChI=1S/C56H37N5/c1-6-20-38(21-7-1)43-30-18-32-45(36-43)55-57-54(42-28-14-5-15-29-42)58-56(59-55)46-33-19-31-44(37-46)49-47-34-16-17-35-48(47)53-50(39-22-8-2-9-23-39)51(40-24-10-3-11-25-40)60-61(53)52(49)41-26-12-4-13-27-41/h1-37H. The van der Waals surface area contributed by atoms with E-state index in [-0.39, 0.29) is 0 Å². The largest absolute Gasteiger partial charge is 0.231 e. The summed E-state index contributed by atoms with van der Waals surface area (Å²) in [6.07, 6.45) is 0. The summed E-state index contributed by atoms with van der Waals surface area (Å²) in [4.78, 5) is 15.4. The van der Waals surface area contributed by atoms with Crippen LogP contribution >= 0.6 is 0 Å². The third-order valence-corrected chi connectivity index (χ3v) is 11.2. The van der Waals surface area contributed by atoms with Crippen LogP contribution in [0.4, 0.5) is 0 Å². The Hall–Kier alpha value is -8.28. The van der Waals surface area contributed by atoms with Gasteiger partial charge < -0.3 is 0 Å². The summed E-state index contributed by atoms with van der Waals surface area (Å²) < 4.78 is 2.18. The number of hydrogen-bond acceptors (Lipinski definition) is 4. The Kier molecular flexibility index (Phi) is 9.10. The van der Waals surface area contributed by atoms with Gasteiger partial charge in [-0.25, -0.2) is 19.5 Å². The molecular weight excluding hydrogens is 743 g/mol. The molecule has 8 aromatic carbocycles. The van der Waals surface area contributed by atoms with Gasteiger partial charge in [0.2, 0.25) is 0 Å². The van der Waals surface area contributed by atoms with Crippen LogP contribution < -0.4 is 0 Å². The number of fused-ring (bicyclic) bond motifs is 3. The number of benzene rings is 8. The Labute approximate surface area is 354 Å². The highest BCUT2D eigenvalue weighted by Gasteiger charge is 2.25. The SMILES string of the molecule is c1ccc(-c2cccc(-c3nc(-c4ccccc4)nc(-c4cccc(-c5c(-c6ccccc6)n6nc(-c7ccccc7)c(-c7ccccc7)c6c6ccccc56)c4)n3)c2)cc1. The van der Waals surface area contributed by atoms with Gasteiger partial charge in [-0.1, -0.05) is 212 Å². The van der Waals surface area contributed by atoms with Crippen LogP contribution in [0.3, 0.4) is 0 Å². The van der Waals surface area contributed by atoms with E-state index < -0.39 is 0 Å². The van der Waals surface area contributed by atoms with Crippen LogP contribution in [0.1, 0.15) is 0 Å². The maximum Gasteiger partial charge on any atom is 0.164 e. The van der Waals surface area contributed by atoms with E-state index in [1.165, 1.54) is 0 Å². The topological polar surface area (TPSA) is 56.0 Å². The van der Waals surface area contributed by atoms with Crippen LogP contribution in [0, 0.1) is 0 Å². The Morgan fingerprint density at radius 1 is 0.279 bits per heavy atom. The van der Waals surface area contributed by atoms with Crippen LogP contribution in [-0.4, -0.2) is 24.6 Å². The highest BCUT2D eigenvalue weighted by Crippen LogP contribution is 2.46. The lowest BCUT2D eigenvalue weighted by molar-refractivity contribution is 0.981.